The summed E-state index contributed by atoms with van der Waals surface area (Å²) in [6, 6.07) is 39.0. The SMILES string of the molecule is CCCCCCCCCCOc1ccc(C#Cc2ccc(C#Cc3ccc(OCCCCCCCCCC)cc3)c3c2C2c4ccccc4C3c3ccccc32)cc1. The van der Waals surface area contributed by atoms with Crippen molar-refractivity contribution in [1.82, 2.24) is 0 Å². The Labute approximate surface area is 349 Å². The normalized spacial score (nSPS) is 14.3. The van der Waals surface area contributed by atoms with E-state index in [1.54, 1.807) is 0 Å². The second-order valence-corrected chi connectivity index (χ2v) is 16.3. The Morgan fingerprint density at radius 2 is 0.690 bits per heavy atom. The van der Waals surface area contributed by atoms with Crippen LogP contribution < -0.4 is 9.47 Å². The van der Waals surface area contributed by atoms with Crippen LogP contribution in [0.4, 0.5) is 0 Å². The van der Waals surface area contributed by atoms with Crippen molar-refractivity contribution in [3.63, 3.8) is 0 Å². The molecule has 3 aliphatic rings. The highest BCUT2D eigenvalue weighted by Gasteiger charge is 2.43. The standard InChI is InChI=1S/C56H62O2/c1-3-5-7-9-11-13-15-21-41-57-47-37-29-43(30-38-47)27-33-45-35-36-46(34-28-44-31-39-48(40-32-44)58-42-22-16-14-12-10-8-6-4-2)54-53(45)55-49-23-17-19-25-51(49)56(54)52-26-20-18-24-50(52)55/h17-20,23-26,29-32,35-40,55-56H,3-16,21-22,41-42H2,1-2H3. The van der Waals surface area contributed by atoms with Crippen LogP contribution in [-0.2, 0) is 0 Å². The molecule has 58 heavy (non-hydrogen) atoms. The summed E-state index contributed by atoms with van der Waals surface area (Å²) < 4.78 is 12.2. The van der Waals surface area contributed by atoms with Crippen LogP contribution >= 0.6 is 0 Å². The maximum Gasteiger partial charge on any atom is 0.119 e. The molecule has 0 amide bonds. The highest BCUT2D eigenvalue weighted by atomic mass is 16.5. The van der Waals surface area contributed by atoms with E-state index in [4.69, 9.17) is 9.47 Å². The molecule has 0 spiro atoms. The molecule has 0 aromatic heterocycles. The van der Waals surface area contributed by atoms with Crippen molar-refractivity contribution in [2.75, 3.05) is 13.2 Å². The van der Waals surface area contributed by atoms with Crippen molar-refractivity contribution in [3.05, 3.63) is 165 Å². The number of ether oxygens (including phenoxy) is 2. The Bertz CT molecular complexity index is 1980. The Balaban J connectivity index is 1.06. The lowest BCUT2D eigenvalue weighted by Crippen LogP contribution is -2.29. The second kappa shape index (κ2) is 21.5. The summed E-state index contributed by atoms with van der Waals surface area (Å²) in [4.78, 5) is 0. The molecule has 0 atom stereocenters. The van der Waals surface area contributed by atoms with Crippen molar-refractivity contribution in [2.24, 2.45) is 0 Å². The molecule has 0 unspecified atom stereocenters. The zero-order valence-electron chi connectivity index (χ0n) is 35.1. The number of hydrogen-bond donors (Lipinski definition) is 0. The van der Waals surface area contributed by atoms with Gasteiger partial charge in [0.25, 0.3) is 0 Å². The van der Waals surface area contributed by atoms with Crippen molar-refractivity contribution < 1.29 is 9.47 Å². The molecule has 0 saturated heterocycles. The van der Waals surface area contributed by atoms with Gasteiger partial charge < -0.3 is 9.47 Å². The fourth-order valence-electron chi connectivity index (χ4n) is 8.91. The van der Waals surface area contributed by atoms with Crippen LogP contribution in [0.1, 0.15) is 184 Å². The molecule has 0 aliphatic heterocycles. The molecule has 2 bridgehead atoms. The summed E-state index contributed by atoms with van der Waals surface area (Å²) in [5.41, 5.74) is 12.3. The van der Waals surface area contributed by atoms with E-state index in [1.807, 2.05) is 0 Å². The van der Waals surface area contributed by atoms with Crippen molar-refractivity contribution in [1.29, 1.82) is 0 Å². The van der Waals surface area contributed by atoms with Gasteiger partial charge in [0.2, 0.25) is 0 Å². The van der Waals surface area contributed by atoms with Crippen LogP contribution in [0.15, 0.2) is 109 Å². The third-order valence-electron chi connectivity index (χ3n) is 12.0. The lowest BCUT2D eigenvalue weighted by Gasteiger charge is -2.43. The molecule has 298 valence electrons. The highest BCUT2D eigenvalue weighted by Crippen LogP contribution is 2.57. The van der Waals surface area contributed by atoms with E-state index in [1.165, 1.54) is 123 Å². The average Bonchev–Trinajstić information content (AvgIpc) is 3.27. The molecule has 0 fully saturated rings. The topological polar surface area (TPSA) is 18.5 Å². The minimum absolute atomic E-state index is 0.114. The van der Waals surface area contributed by atoms with E-state index < -0.39 is 0 Å². The van der Waals surface area contributed by atoms with Crippen LogP contribution in [0.25, 0.3) is 0 Å². The first-order valence-electron chi connectivity index (χ1n) is 22.6. The summed E-state index contributed by atoms with van der Waals surface area (Å²) in [5, 5.41) is 0. The number of benzene rings is 5. The highest BCUT2D eigenvalue weighted by molar-refractivity contribution is 5.74. The molecule has 5 aromatic rings. The van der Waals surface area contributed by atoms with E-state index in [0.29, 0.717) is 0 Å². The summed E-state index contributed by atoms with van der Waals surface area (Å²) in [6.45, 7) is 6.09. The van der Waals surface area contributed by atoms with Crippen LogP contribution in [0, 0.1) is 23.7 Å². The van der Waals surface area contributed by atoms with Crippen molar-refractivity contribution in [2.45, 2.75) is 128 Å². The molecule has 8 rings (SSSR count). The van der Waals surface area contributed by atoms with Gasteiger partial charge in [-0.2, -0.15) is 0 Å². The Morgan fingerprint density at radius 3 is 1.03 bits per heavy atom. The smallest absolute Gasteiger partial charge is 0.119 e. The van der Waals surface area contributed by atoms with Gasteiger partial charge in [0, 0.05) is 34.1 Å². The van der Waals surface area contributed by atoms with E-state index >= 15 is 0 Å². The molecule has 2 nitrogen and oxygen atoms in total. The van der Waals surface area contributed by atoms with E-state index in [2.05, 4.69) is 147 Å². The van der Waals surface area contributed by atoms with Gasteiger partial charge in [-0.05, 0) is 107 Å². The first kappa shape index (κ1) is 41.0. The molecular formula is C56H62O2. The first-order chi connectivity index (χ1) is 28.7. The van der Waals surface area contributed by atoms with Gasteiger partial charge in [0.15, 0.2) is 0 Å². The molecule has 0 N–H and O–H groups in total. The Morgan fingerprint density at radius 1 is 0.362 bits per heavy atom. The summed E-state index contributed by atoms with van der Waals surface area (Å²) in [7, 11) is 0. The van der Waals surface area contributed by atoms with Gasteiger partial charge >= 0.3 is 0 Å². The van der Waals surface area contributed by atoms with Crippen LogP contribution in [0.2, 0.25) is 0 Å². The minimum Gasteiger partial charge on any atom is -0.494 e. The Kier molecular flexibility index (Phi) is 15.2. The Hall–Kier alpha value is -5.18. The van der Waals surface area contributed by atoms with Gasteiger partial charge in [0.05, 0.1) is 13.2 Å². The van der Waals surface area contributed by atoms with Crippen molar-refractivity contribution in [3.8, 4) is 35.2 Å². The van der Waals surface area contributed by atoms with E-state index in [0.717, 1.165) is 59.8 Å². The maximum absolute atomic E-state index is 6.09. The molecule has 0 radical (unpaired) electrons. The lowest BCUT2D eigenvalue weighted by atomic mass is 9.59. The van der Waals surface area contributed by atoms with Crippen LogP contribution in [0.5, 0.6) is 11.5 Å². The number of unbranched alkanes of at least 4 members (excludes halogenated alkanes) is 14. The largest absolute Gasteiger partial charge is 0.494 e. The zero-order valence-corrected chi connectivity index (χ0v) is 35.1. The van der Waals surface area contributed by atoms with Crippen LogP contribution in [0.3, 0.4) is 0 Å². The quantitative estimate of drug-likeness (QED) is 0.0568. The minimum atomic E-state index is 0.114. The van der Waals surface area contributed by atoms with Crippen LogP contribution in [-0.4, -0.2) is 13.2 Å². The number of rotatable bonds is 20. The van der Waals surface area contributed by atoms with Gasteiger partial charge in [-0.1, -0.05) is 176 Å². The predicted molar refractivity (Wildman–Crippen MR) is 242 cm³/mol. The summed E-state index contributed by atoms with van der Waals surface area (Å²) >= 11 is 0. The van der Waals surface area contributed by atoms with E-state index in [-0.39, 0.29) is 11.8 Å². The number of hydrogen-bond acceptors (Lipinski definition) is 2. The average molecular weight is 767 g/mol. The fourth-order valence-corrected chi connectivity index (χ4v) is 8.91. The summed E-state index contributed by atoms with van der Waals surface area (Å²) in [5.74, 6) is 16.4. The zero-order chi connectivity index (χ0) is 39.8. The molecule has 0 saturated carbocycles. The fraction of sp³-hybridized carbons (Fsp3) is 0.393. The van der Waals surface area contributed by atoms with Gasteiger partial charge in [0.1, 0.15) is 11.5 Å². The molecule has 2 heteroatoms. The first-order valence-corrected chi connectivity index (χ1v) is 22.6. The van der Waals surface area contributed by atoms with Crippen molar-refractivity contribution >= 4 is 0 Å². The monoisotopic (exact) mass is 766 g/mol. The third kappa shape index (κ3) is 10.5. The van der Waals surface area contributed by atoms with Gasteiger partial charge in [-0.3, -0.25) is 0 Å². The van der Waals surface area contributed by atoms with Gasteiger partial charge in [-0.25, -0.2) is 0 Å². The third-order valence-corrected chi connectivity index (χ3v) is 12.0. The lowest BCUT2D eigenvalue weighted by molar-refractivity contribution is 0.304. The second-order valence-electron chi connectivity index (χ2n) is 16.3. The van der Waals surface area contributed by atoms with Gasteiger partial charge in [-0.15, -0.1) is 0 Å². The summed E-state index contributed by atoms with van der Waals surface area (Å²) in [6.07, 6.45) is 20.8. The van der Waals surface area contributed by atoms with E-state index in [9.17, 15) is 0 Å². The predicted octanol–water partition coefficient (Wildman–Crippen LogP) is 14.5. The molecular weight excluding hydrogens is 705 g/mol. The molecule has 5 aromatic carbocycles. The molecule has 3 aliphatic carbocycles. The maximum atomic E-state index is 6.09. The molecule has 0 heterocycles.